The van der Waals surface area contributed by atoms with Crippen molar-refractivity contribution in [3.63, 3.8) is 0 Å². The Morgan fingerprint density at radius 2 is 1.94 bits per heavy atom. The molecule has 0 saturated heterocycles. The lowest BCUT2D eigenvalue weighted by molar-refractivity contribution is 0.372. The SMILES string of the molecule is CCN(c1nccnc1Cl)C(C)CN(C)C. The summed E-state index contributed by atoms with van der Waals surface area (Å²) in [6.45, 7) is 6.08. The third kappa shape index (κ3) is 3.32. The Balaban J connectivity index is 2.86. The van der Waals surface area contributed by atoms with Crippen LogP contribution < -0.4 is 4.90 Å². The summed E-state index contributed by atoms with van der Waals surface area (Å²) in [5, 5.41) is 0.468. The van der Waals surface area contributed by atoms with E-state index in [9.17, 15) is 0 Å². The van der Waals surface area contributed by atoms with Gasteiger partial charge in [0.2, 0.25) is 0 Å². The van der Waals surface area contributed by atoms with Crippen LogP contribution >= 0.6 is 11.6 Å². The minimum absolute atomic E-state index is 0.356. The van der Waals surface area contributed by atoms with Gasteiger partial charge in [0.05, 0.1) is 0 Å². The third-order valence-electron chi connectivity index (χ3n) is 2.41. The predicted octanol–water partition coefficient (Wildman–Crippen LogP) is 1.91. The van der Waals surface area contributed by atoms with Gasteiger partial charge < -0.3 is 9.80 Å². The van der Waals surface area contributed by atoms with Gasteiger partial charge in [-0.1, -0.05) is 11.6 Å². The molecule has 1 aromatic rings. The van der Waals surface area contributed by atoms with E-state index in [-0.39, 0.29) is 0 Å². The summed E-state index contributed by atoms with van der Waals surface area (Å²) in [4.78, 5) is 12.7. The second kappa shape index (κ2) is 6.01. The second-order valence-corrected chi connectivity index (χ2v) is 4.43. The van der Waals surface area contributed by atoms with Gasteiger partial charge in [-0.25, -0.2) is 9.97 Å². The fourth-order valence-corrected chi connectivity index (χ4v) is 2.02. The van der Waals surface area contributed by atoms with E-state index >= 15 is 0 Å². The summed E-state index contributed by atoms with van der Waals surface area (Å²) in [7, 11) is 4.12. The van der Waals surface area contributed by atoms with Crippen molar-refractivity contribution in [2.45, 2.75) is 19.9 Å². The van der Waals surface area contributed by atoms with Gasteiger partial charge in [0.25, 0.3) is 0 Å². The summed E-state index contributed by atoms with van der Waals surface area (Å²) in [5.41, 5.74) is 0. The van der Waals surface area contributed by atoms with Crippen molar-refractivity contribution in [1.82, 2.24) is 14.9 Å². The molecule has 0 amide bonds. The molecule has 1 aromatic heterocycles. The molecular weight excluding hydrogens is 224 g/mol. The molecule has 5 heteroatoms. The highest BCUT2D eigenvalue weighted by atomic mass is 35.5. The highest BCUT2D eigenvalue weighted by Gasteiger charge is 2.17. The van der Waals surface area contributed by atoms with Gasteiger partial charge in [-0.3, -0.25) is 0 Å². The summed E-state index contributed by atoms with van der Waals surface area (Å²) >= 11 is 6.05. The Labute approximate surface area is 102 Å². The maximum absolute atomic E-state index is 6.05. The zero-order valence-corrected chi connectivity index (χ0v) is 11.1. The van der Waals surface area contributed by atoms with Crippen molar-refractivity contribution in [3.8, 4) is 0 Å². The summed E-state index contributed by atoms with van der Waals surface area (Å²) < 4.78 is 0. The topological polar surface area (TPSA) is 32.3 Å². The third-order valence-corrected chi connectivity index (χ3v) is 2.68. The van der Waals surface area contributed by atoms with Gasteiger partial charge in [0.15, 0.2) is 11.0 Å². The monoisotopic (exact) mass is 242 g/mol. The van der Waals surface area contributed by atoms with Crippen molar-refractivity contribution in [2.24, 2.45) is 0 Å². The highest BCUT2D eigenvalue weighted by Crippen LogP contribution is 2.21. The largest absolute Gasteiger partial charge is 0.350 e. The van der Waals surface area contributed by atoms with Crippen LogP contribution in [0, 0.1) is 0 Å². The molecule has 0 fully saturated rings. The van der Waals surface area contributed by atoms with E-state index in [1.54, 1.807) is 12.4 Å². The highest BCUT2D eigenvalue weighted by molar-refractivity contribution is 6.31. The van der Waals surface area contributed by atoms with Crippen LogP contribution in [0.5, 0.6) is 0 Å². The van der Waals surface area contributed by atoms with Gasteiger partial charge >= 0.3 is 0 Å². The van der Waals surface area contributed by atoms with E-state index in [1.165, 1.54) is 0 Å². The average molecular weight is 243 g/mol. The minimum Gasteiger partial charge on any atom is -0.350 e. The van der Waals surface area contributed by atoms with Crippen LogP contribution in [0.1, 0.15) is 13.8 Å². The number of nitrogens with zero attached hydrogens (tertiary/aromatic N) is 4. The molecule has 0 radical (unpaired) electrons. The van der Waals surface area contributed by atoms with Crippen molar-refractivity contribution in [1.29, 1.82) is 0 Å². The van der Waals surface area contributed by atoms with Crippen LogP contribution in [0.3, 0.4) is 0 Å². The first-order valence-corrected chi connectivity index (χ1v) is 5.82. The van der Waals surface area contributed by atoms with E-state index in [1.807, 2.05) is 0 Å². The number of hydrogen-bond donors (Lipinski definition) is 0. The average Bonchev–Trinajstić information content (AvgIpc) is 2.20. The van der Waals surface area contributed by atoms with Crippen LogP contribution in [-0.4, -0.2) is 48.1 Å². The van der Waals surface area contributed by atoms with E-state index in [0.29, 0.717) is 11.2 Å². The van der Waals surface area contributed by atoms with Crippen molar-refractivity contribution < 1.29 is 0 Å². The van der Waals surface area contributed by atoms with Gasteiger partial charge in [0, 0.05) is 31.5 Å². The van der Waals surface area contributed by atoms with Gasteiger partial charge in [-0.15, -0.1) is 0 Å². The van der Waals surface area contributed by atoms with Crippen LogP contribution in [-0.2, 0) is 0 Å². The Hall–Kier alpha value is -0.870. The normalized spacial score (nSPS) is 12.9. The zero-order valence-electron chi connectivity index (χ0n) is 10.3. The molecule has 1 unspecified atom stereocenters. The maximum Gasteiger partial charge on any atom is 0.171 e. The van der Waals surface area contributed by atoms with Gasteiger partial charge in [-0.05, 0) is 27.9 Å². The fraction of sp³-hybridized carbons (Fsp3) is 0.636. The summed E-state index contributed by atoms with van der Waals surface area (Å²) in [6, 6.07) is 0.356. The smallest absolute Gasteiger partial charge is 0.171 e. The molecule has 1 heterocycles. The molecule has 0 aliphatic heterocycles. The van der Waals surface area contributed by atoms with Crippen molar-refractivity contribution in [2.75, 3.05) is 32.1 Å². The van der Waals surface area contributed by atoms with Crippen LogP contribution in [0.25, 0.3) is 0 Å². The molecule has 0 N–H and O–H groups in total. The Morgan fingerprint density at radius 3 is 2.44 bits per heavy atom. The number of anilines is 1. The van der Waals surface area contributed by atoms with Crippen LogP contribution in [0.15, 0.2) is 12.4 Å². The lowest BCUT2D eigenvalue weighted by Gasteiger charge is -2.31. The van der Waals surface area contributed by atoms with E-state index in [4.69, 9.17) is 11.6 Å². The van der Waals surface area contributed by atoms with E-state index < -0.39 is 0 Å². The number of likely N-dealkylation sites (N-methyl/N-ethyl adjacent to an activating group) is 2. The summed E-state index contributed by atoms with van der Waals surface area (Å²) in [5.74, 6) is 0.765. The standard InChI is InChI=1S/C11H19ClN4/c1-5-16(9(2)8-15(3)4)11-10(12)13-6-7-14-11/h6-7,9H,5,8H2,1-4H3. The molecule has 0 spiro atoms. The lowest BCUT2D eigenvalue weighted by atomic mass is 10.2. The zero-order chi connectivity index (χ0) is 12.1. The Bertz CT molecular complexity index is 330. The Morgan fingerprint density at radius 1 is 1.31 bits per heavy atom. The van der Waals surface area contributed by atoms with Gasteiger partial charge in [0.1, 0.15) is 0 Å². The molecule has 1 atom stereocenters. The molecule has 1 rings (SSSR count). The number of aromatic nitrogens is 2. The predicted molar refractivity (Wildman–Crippen MR) is 68.1 cm³/mol. The quantitative estimate of drug-likeness (QED) is 0.790. The molecular formula is C11H19ClN4. The molecule has 4 nitrogen and oxygen atoms in total. The van der Waals surface area contributed by atoms with Crippen LogP contribution in [0.4, 0.5) is 5.82 Å². The first-order valence-electron chi connectivity index (χ1n) is 5.44. The van der Waals surface area contributed by atoms with Crippen molar-refractivity contribution >= 4 is 17.4 Å². The second-order valence-electron chi connectivity index (χ2n) is 4.07. The molecule has 0 saturated carbocycles. The molecule has 16 heavy (non-hydrogen) atoms. The first kappa shape index (κ1) is 13.2. The molecule has 0 bridgehead atoms. The Kier molecular flexibility index (Phi) is 4.96. The van der Waals surface area contributed by atoms with Crippen LogP contribution in [0.2, 0.25) is 5.15 Å². The number of rotatable bonds is 5. The first-order chi connectivity index (χ1) is 7.56. The molecule has 0 aromatic carbocycles. The molecule has 0 aliphatic rings. The fourth-order valence-electron chi connectivity index (χ4n) is 1.80. The lowest BCUT2D eigenvalue weighted by Crippen LogP contribution is -2.40. The van der Waals surface area contributed by atoms with E-state index in [0.717, 1.165) is 18.9 Å². The van der Waals surface area contributed by atoms with E-state index in [2.05, 4.69) is 47.7 Å². The minimum atomic E-state index is 0.356. The number of halogens is 1. The summed E-state index contributed by atoms with van der Waals surface area (Å²) in [6.07, 6.45) is 3.28. The van der Waals surface area contributed by atoms with Crippen molar-refractivity contribution in [3.05, 3.63) is 17.5 Å². The molecule has 0 aliphatic carbocycles. The number of hydrogen-bond acceptors (Lipinski definition) is 4. The maximum atomic E-state index is 6.05. The molecule has 90 valence electrons. The van der Waals surface area contributed by atoms with Gasteiger partial charge in [-0.2, -0.15) is 0 Å².